The van der Waals surface area contributed by atoms with Gasteiger partial charge in [0.25, 0.3) is 0 Å². The van der Waals surface area contributed by atoms with Gasteiger partial charge in [0.2, 0.25) is 5.91 Å². The third kappa shape index (κ3) is 4.22. The van der Waals surface area contributed by atoms with Gasteiger partial charge in [-0.2, -0.15) is 0 Å². The Morgan fingerprint density at radius 1 is 1.33 bits per heavy atom. The molecule has 3 rings (SSSR count). The zero-order chi connectivity index (χ0) is 16.9. The summed E-state index contributed by atoms with van der Waals surface area (Å²) in [7, 11) is 0. The number of aliphatic hydroxyl groups excluding tert-OH is 1. The van der Waals surface area contributed by atoms with Gasteiger partial charge < -0.3 is 10.0 Å². The number of amides is 1. The van der Waals surface area contributed by atoms with E-state index in [-0.39, 0.29) is 24.5 Å². The maximum Gasteiger partial charge on any atom is 0.228 e. The van der Waals surface area contributed by atoms with Crippen LogP contribution >= 0.6 is 11.3 Å². The van der Waals surface area contributed by atoms with Crippen LogP contribution in [0.25, 0.3) is 0 Å². The number of carbonyl (C=O) groups excluding carboxylic acids is 1. The first-order valence-electron chi connectivity index (χ1n) is 8.53. The van der Waals surface area contributed by atoms with Gasteiger partial charge in [0.05, 0.1) is 17.1 Å². The van der Waals surface area contributed by atoms with E-state index in [0.717, 1.165) is 30.0 Å². The summed E-state index contributed by atoms with van der Waals surface area (Å²) < 4.78 is 0. The number of hydrogen-bond acceptors (Lipinski definition) is 4. The molecule has 2 aromatic rings. The zero-order valence-electron chi connectivity index (χ0n) is 14.0. The minimum absolute atomic E-state index is 0.122. The summed E-state index contributed by atoms with van der Waals surface area (Å²) in [5.41, 5.74) is 2.09. The highest BCUT2D eigenvalue weighted by Crippen LogP contribution is 2.23. The number of nitrogens with zero attached hydrogens (tertiary/aromatic N) is 2. The summed E-state index contributed by atoms with van der Waals surface area (Å²) >= 11 is 1.62. The van der Waals surface area contributed by atoms with Gasteiger partial charge in [0, 0.05) is 31.0 Å². The van der Waals surface area contributed by atoms with Crippen molar-refractivity contribution in [1.29, 1.82) is 0 Å². The van der Waals surface area contributed by atoms with Crippen LogP contribution in [-0.2, 0) is 17.6 Å². The van der Waals surface area contributed by atoms with E-state index < -0.39 is 0 Å². The Morgan fingerprint density at radius 3 is 2.88 bits per heavy atom. The Kier molecular flexibility index (Phi) is 5.63. The number of aromatic nitrogens is 1. The SMILES string of the molecule is CC1CCC(CO)CN1C(=O)Cc1csc(Cc2ccccc2)n1. The fourth-order valence-corrected chi connectivity index (χ4v) is 4.05. The van der Waals surface area contributed by atoms with Gasteiger partial charge in [-0.3, -0.25) is 4.79 Å². The lowest BCUT2D eigenvalue weighted by Gasteiger charge is -2.37. The fraction of sp³-hybridized carbons (Fsp3) is 0.474. The first kappa shape index (κ1) is 17.1. The van der Waals surface area contributed by atoms with Crippen molar-refractivity contribution in [2.45, 2.75) is 38.6 Å². The number of thiazole rings is 1. The van der Waals surface area contributed by atoms with Gasteiger partial charge >= 0.3 is 0 Å². The summed E-state index contributed by atoms with van der Waals surface area (Å²) in [6, 6.07) is 10.5. The van der Waals surface area contributed by atoms with Gasteiger partial charge in [-0.25, -0.2) is 4.98 Å². The molecule has 4 nitrogen and oxygen atoms in total. The Labute approximate surface area is 147 Å². The smallest absolute Gasteiger partial charge is 0.228 e. The molecule has 0 saturated carbocycles. The van der Waals surface area contributed by atoms with Crippen molar-refractivity contribution in [1.82, 2.24) is 9.88 Å². The second kappa shape index (κ2) is 7.90. The van der Waals surface area contributed by atoms with Crippen LogP contribution in [0.5, 0.6) is 0 Å². The van der Waals surface area contributed by atoms with Crippen molar-refractivity contribution in [3.05, 3.63) is 52.0 Å². The summed E-state index contributed by atoms with van der Waals surface area (Å²) in [5.74, 6) is 0.339. The van der Waals surface area contributed by atoms with Gasteiger partial charge in [0.15, 0.2) is 0 Å². The minimum Gasteiger partial charge on any atom is -0.396 e. The standard InChI is InChI=1S/C19H24N2O2S/c1-14-7-8-16(12-22)11-21(14)19(23)10-17-13-24-18(20-17)9-15-5-3-2-4-6-15/h2-6,13-14,16,22H,7-12H2,1H3. The molecule has 1 saturated heterocycles. The number of hydrogen-bond donors (Lipinski definition) is 1. The quantitative estimate of drug-likeness (QED) is 0.907. The third-order valence-corrected chi connectivity index (χ3v) is 5.59. The monoisotopic (exact) mass is 344 g/mol. The van der Waals surface area contributed by atoms with Crippen LogP contribution in [0.15, 0.2) is 35.7 Å². The predicted octanol–water partition coefficient (Wildman–Crippen LogP) is 2.90. The molecule has 1 N–H and O–H groups in total. The van der Waals surface area contributed by atoms with Gasteiger partial charge in [0.1, 0.15) is 0 Å². The molecule has 1 aliphatic heterocycles. The normalized spacial score (nSPS) is 21.0. The molecule has 0 radical (unpaired) electrons. The summed E-state index contributed by atoms with van der Waals surface area (Å²) in [6.07, 6.45) is 3.13. The summed E-state index contributed by atoms with van der Waals surface area (Å²) in [4.78, 5) is 19.2. The maximum absolute atomic E-state index is 12.6. The molecule has 0 aliphatic carbocycles. The number of piperidine rings is 1. The molecule has 1 fully saturated rings. The average Bonchev–Trinajstić information content (AvgIpc) is 3.03. The lowest BCUT2D eigenvalue weighted by Crippen LogP contribution is -2.47. The highest BCUT2D eigenvalue weighted by Gasteiger charge is 2.28. The molecule has 1 aliphatic rings. The Hall–Kier alpha value is -1.72. The van der Waals surface area contributed by atoms with Crippen molar-refractivity contribution < 1.29 is 9.90 Å². The molecule has 1 aromatic carbocycles. The van der Waals surface area contributed by atoms with E-state index in [1.807, 2.05) is 28.5 Å². The van der Waals surface area contributed by atoms with E-state index in [9.17, 15) is 9.90 Å². The molecular formula is C19H24N2O2S. The Morgan fingerprint density at radius 2 is 2.12 bits per heavy atom. The summed E-state index contributed by atoms with van der Waals surface area (Å²) in [5, 5.41) is 12.4. The van der Waals surface area contributed by atoms with Crippen LogP contribution in [-0.4, -0.2) is 40.1 Å². The van der Waals surface area contributed by atoms with Crippen LogP contribution < -0.4 is 0 Å². The van der Waals surface area contributed by atoms with E-state index in [1.54, 1.807) is 11.3 Å². The second-order valence-electron chi connectivity index (χ2n) is 6.59. The van der Waals surface area contributed by atoms with Gasteiger partial charge in [-0.05, 0) is 31.2 Å². The number of benzene rings is 1. The molecular weight excluding hydrogens is 320 g/mol. The number of likely N-dealkylation sites (tertiary alicyclic amines) is 1. The topological polar surface area (TPSA) is 53.4 Å². The number of aliphatic hydroxyl groups is 1. The van der Waals surface area contributed by atoms with Gasteiger partial charge in [-0.15, -0.1) is 11.3 Å². The lowest BCUT2D eigenvalue weighted by atomic mass is 9.94. The molecule has 128 valence electrons. The molecule has 24 heavy (non-hydrogen) atoms. The molecule has 1 amide bonds. The summed E-state index contributed by atoms with van der Waals surface area (Å²) in [6.45, 7) is 2.92. The van der Waals surface area contributed by atoms with Gasteiger partial charge in [-0.1, -0.05) is 30.3 Å². The third-order valence-electron chi connectivity index (χ3n) is 4.69. The van der Waals surface area contributed by atoms with Crippen molar-refractivity contribution in [3.8, 4) is 0 Å². The number of rotatable bonds is 5. The first-order chi connectivity index (χ1) is 11.7. The lowest BCUT2D eigenvalue weighted by molar-refractivity contribution is -0.135. The van der Waals surface area contributed by atoms with E-state index in [0.29, 0.717) is 13.0 Å². The largest absolute Gasteiger partial charge is 0.396 e. The number of carbonyl (C=O) groups is 1. The van der Waals surface area contributed by atoms with E-state index in [4.69, 9.17) is 0 Å². The molecule has 5 heteroatoms. The van der Waals surface area contributed by atoms with E-state index >= 15 is 0 Å². The Bertz CT molecular complexity index is 671. The zero-order valence-corrected chi connectivity index (χ0v) is 14.8. The van der Waals surface area contributed by atoms with Crippen LogP contribution in [0.4, 0.5) is 0 Å². The first-order valence-corrected chi connectivity index (χ1v) is 9.41. The highest BCUT2D eigenvalue weighted by atomic mass is 32.1. The molecule has 0 spiro atoms. The van der Waals surface area contributed by atoms with Crippen LogP contribution in [0.2, 0.25) is 0 Å². The molecule has 2 atom stereocenters. The van der Waals surface area contributed by atoms with Crippen LogP contribution in [0, 0.1) is 5.92 Å². The van der Waals surface area contributed by atoms with Crippen LogP contribution in [0.1, 0.15) is 36.0 Å². The van der Waals surface area contributed by atoms with Crippen molar-refractivity contribution in [2.24, 2.45) is 5.92 Å². The average molecular weight is 344 g/mol. The van der Waals surface area contributed by atoms with Crippen molar-refractivity contribution in [3.63, 3.8) is 0 Å². The molecule has 2 heterocycles. The van der Waals surface area contributed by atoms with Crippen molar-refractivity contribution in [2.75, 3.05) is 13.2 Å². The van der Waals surface area contributed by atoms with E-state index in [2.05, 4.69) is 24.0 Å². The molecule has 1 aromatic heterocycles. The maximum atomic E-state index is 12.6. The highest BCUT2D eigenvalue weighted by molar-refractivity contribution is 7.09. The second-order valence-corrected chi connectivity index (χ2v) is 7.54. The minimum atomic E-state index is 0.122. The Balaban J connectivity index is 1.60. The fourth-order valence-electron chi connectivity index (χ4n) is 3.22. The van der Waals surface area contributed by atoms with Crippen LogP contribution in [0.3, 0.4) is 0 Å². The molecule has 0 bridgehead atoms. The predicted molar refractivity (Wildman–Crippen MR) is 96.1 cm³/mol. The van der Waals surface area contributed by atoms with Crippen molar-refractivity contribution >= 4 is 17.2 Å². The van der Waals surface area contributed by atoms with E-state index in [1.165, 1.54) is 5.56 Å². The molecule has 2 unspecified atom stereocenters.